The first-order valence-corrected chi connectivity index (χ1v) is 10.4. The van der Waals surface area contributed by atoms with Crippen molar-refractivity contribution in [3.8, 4) is 22.6 Å². The molecule has 0 spiro atoms. The molecule has 0 fully saturated rings. The molecule has 0 atom stereocenters. The first-order valence-electron chi connectivity index (χ1n) is 10.0. The topological polar surface area (TPSA) is 68.5 Å². The highest BCUT2D eigenvalue weighted by Crippen LogP contribution is 2.29. The Morgan fingerprint density at radius 3 is 2.44 bits per heavy atom. The lowest BCUT2D eigenvalue weighted by molar-refractivity contribution is -0.123. The highest BCUT2D eigenvalue weighted by atomic mass is 35.5. The van der Waals surface area contributed by atoms with E-state index in [0.717, 1.165) is 16.8 Å². The number of nitrogens with zero attached hydrogens (tertiary/aromatic N) is 3. The molecule has 3 aromatic carbocycles. The molecule has 1 heterocycles. The van der Waals surface area contributed by atoms with Crippen LogP contribution in [0.25, 0.3) is 16.8 Å². The van der Waals surface area contributed by atoms with Gasteiger partial charge in [0.1, 0.15) is 10.9 Å². The van der Waals surface area contributed by atoms with Crippen LogP contribution in [0.1, 0.15) is 11.3 Å². The lowest BCUT2D eigenvalue weighted by atomic mass is 10.1. The van der Waals surface area contributed by atoms with Gasteiger partial charge in [0.15, 0.2) is 6.61 Å². The third-order valence-electron chi connectivity index (χ3n) is 4.76. The van der Waals surface area contributed by atoms with Crippen molar-refractivity contribution in [1.82, 2.24) is 15.2 Å². The smallest absolute Gasteiger partial charge is 0.277 e. The molecular weight excluding hydrogens is 424 g/mol. The third-order valence-corrected chi connectivity index (χ3v) is 5.13. The fourth-order valence-corrected chi connectivity index (χ4v) is 3.51. The van der Waals surface area contributed by atoms with Gasteiger partial charge >= 0.3 is 0 Å². The summed E-state index contributed by atoms with van der Waals surface area (Å²) in [5.41, 5.74) is 6.58. The first kappa shape index (κ1) is 21.3. The van der Waals surface area contributed by atoms with Crippen molar-refractivity contribution < 1.29 is 9.53 Å². The number of rotatable bonds is 7. The molecular formula is C25H21ClN4O2. The fourth-order valence-electron chi connectivity index (χ4n) is 3.19. The van der Waals surface area contributed by atoms with Crippen LogP contribution < -0.4 is 10.2 Å². The number of carbonyl (C=O) groups excluding carboxylic acids is 1. The SMILES string of the molecule is Cc1nn(-c2ccccc2)c(Cl)c1C=NNC(=O)COc1ccccc1-c1ccccc1. The summed E-state index contributed by atoms with van der Waals surface area (Å²) < 4.78 is 7.37. The minimum Gasteiger partial charge on any atom is -0.483 e. The highest BCUT2D eigenvalue weighted by molar-refractivity contribution is 6.32. The number of nitrogens with one attached hydrogen (secondary N) is 1. The lowest BCUT2D eigenvalue weighted by Crippen LogP contribution is -2.24. The molecule has 1 aromatic heterocycles. The number of para-hydroxylation sites is 2. The Hall–Kier alpha value is -3.90. The molecule has 160 valence electrons. The molecule has 0 unspecified atom stereocenters. The van der Waals surface area contributed by atoms with Gasteiger partial charge in [0.05, 0.1) is 23.2 Å². The van der Waals surface area contributed by atoms with Crippen LogP contribution >= 0.6 is 11.6 Å². The van der Waals surface area contributed by atoms with Crippen molar-refractivity contribution in [2.24, 2.45) is 5.10 Å². The predicted octanol–water partition coefficient (Wildman–Crippen LogP) is 5.03. The number of hydrogen-bond acceptors (Lipinski definition) is 4. The zero-order valence-electron chi connectivity index (χ0n) is 17.4. The molecule has 0 aliphatic heterocycles. The molecule has 32 heavy (non-hydrogen) atoms. The monoisotopic (exact) mass is 444 g/mol. The molecule has 6 nitrogen and oxygen atoms in total. The largest absolute Gasteiger partial charge is 0.483 e. The van der Waals surface area contributed by atoms with Crippen LogP contribution in [0.3, 0.4) is 0 Å². The van der Waals surface area contributed by atoms with Gasteiger partial charge in [-0.05, 0) is 30.7 Å². The van der Waals surface area contributed by atoms with Crippen LogP contribution in [0.4, 0.5) is 0 Å². The Bertz CT molecular complexity index is 1240. The maximum atomic E-state index is 12.2. The van der Waals surface area contributed by atoms with E-state index in [2.05, 4.69) is 15.6 Å². The maximum Gasteiger partial charge on any atom is 0.277 e. The lowest BCUT2D eigenvalue weighted by Gasteiger charge is -2.10. The van der Waals surface area contributed by atoms with E-state index in [1.54, 1.807) is 4.68 Å². The average Bonchev–Trinajstić information content (AvgIpc) is 3.12. The number of halogens is 1. The fraction of sp³-hybridized carbons (Fsp3) is 0.0800. The number of carbonyl (C=O) groups is 1. The maximum absolute atomic E-state index is 12.2. The van der Waals surface area contributed by atoms with Crippen LogP contribution in [0.15, 0.2) is 90.0 Å². The molecule has 0 aliphatic carbocycles. The number of amides is 1. The number of benzene rings is 3. The van der Waals surface area contributed by atoms with Crippen molar-refractivity contribution in [2.45, 2.75) is 6.92 Å². The summed E-state index contributed by atoms with van der Waals surface area (Å²) in [7, 11) is 0. The van der Waals surface area contributed by atoms with E-state index in [1.807, 2.05) is 91.9 Å². The predicted molar refractivity (Wildman–Crippen MR) is 126 cm³/mol. The van der Waals surface area contributed by atoms with Gasteiger partial charge in [-0.3, -0.25) is 4.79 Å². The molecule has 0 bridgehead atoms. The van der Waals surface area contributed by atoms with Crippen molar-refractivity contribution in [3.05, 3.63) is 101 Å². The molecule has 1 amide bonds. The van der Waals surface area contributed by atoms with E-state index in [9.17, 15) is 4.79 Å². The molecule has 0 saturated heterocycles. The Morgan fingerprint density at radius 2 is 1.69 bits per heavy atom. The van der Waals surface area contributed by atoms with Gasteiger partial charge in [-0.25, -0.2) is 10.1 Å². The summed E-state index contributed by atoms with van der Waals surface area (Å²) in [5.74, 6) is 0.245. The van der Waals surface area contributed by atoms with E-state index >= 15 is 0 Å². The number of hydrogen-bond donors (Lipinski definition) is 1. The standard InChI is InChI=1S/C25H21ClN4O2/c1-18-22(25(26)30(29-18)20-12-6-3-7-13-20)16-27-28-24(31)17-32-23-15-9-8-14-21(23)19-10-4-2-5-11-19/h2-16H,17H2,1H3,(H,28,31). The van der Waals surface area contributed by atoms with E-state index in [0.29, 0.717) is 22.2 Å². The van der Waals surface area contributed by atoms with Crippen molar-refractivity contribution in [3.63, 3.8) is 0 Å². The van der Waals surface area contributed by atoms with Gasteiger partial charge in [0, 0.05) is 5.56 Å². The first-order chi connectivity index (χ1) is 15.6. The molecule has 7 heteroatoms. The van der Waals surface area contributed by atoms with Crippen molar-refractivity contribution >= 4 is 23.7 Å². The van der Waals surface area contributed by atoms with E-state index in [1.165, 1.54) is 6.21 Å². The zero-order valence-corrected chi connectivity index (χ0v) is 18.2. The Labute approximate surface area is 191 Å². The van der Waals surface area contributed by atoms with Crippen molar-refractivity contribution in [2.75, 3.05) is 6.61 Å². The quantitative estimate of drug-likeness (QED) is 0.321. The summed E-state index contributed by atoms with van der Waals surface area (Å²) >= 11 is 6.47. The summed E-state index contributed by atoms with van der Waals surface area (Å²) in [6.45, 7) is 1.66. The number of ether oxygens (including phenoxy) is 1. The van der Waals surface area contributed by atoms with E-state index in [-0.39, 0.29) is 12.5 Å². The van der Waals surface area contributed by atoms with E-state index in [4.69, 9.17) is 16.3 Å². The highest BCUT2D eigenvalue weighted by Gasteiger charge is 2.13. The van der Waals surface area contributed by atoms with E-state index < -0.39 is 0 Å². The van der Waals surface area contributed by atoms with Gasteiger partial charge in [-0.1, -0.05) is 78.3 Å². The average molecular weight is 445 g/mol. The minimum absolute atomic E-state index is 0.169. The van der Waals surface area contributed by atoms with Gasteiger partial charge in [0.25, 0.3) is 5.91 Å². The normalized spacial score (nSPS) is 10.9. The summed E-state index contributed by atoms with van der Waals surface area (Å²) in [6, 6.07) is 27.0. The Kier molecular flexibility index (Phi) is 6.63. The number of aromatic nitrogens is 2. The molecule has 4 aromatic rings. The van der Waals surface area contributed by atoms with Gasteiger partial charge in [-0.2, -0.15) is 10.2 Å². The van der Waals surface area contributed by atoms with Gasteiger partial charge < -0.3 is 4.74 Å². The second-order valence-electron chi connectivity index (χ2n) is 6.98. The minimum atomic E-state index is -0.381. The molecule has 0 radical (unpaired) electrons. The van der Waals surface area contributed by atoms with Crippen molar-refractivity contribution in [1.29, 1.82) is 0 Å². The summed E-state index contributed by atoms with van der Waals surface area (Å²) in [6.07, 6.45) is 1.49. The van der Waals surface area contributed by atoms with Gasteiger partial charge in [-0.15, -0.1) is 0 Å². The number of aryl methyl sites for hydroxylation is 1. The van der Waals surface area contributed by atoms with Gasteiger partial charge in [0.2, 0.25) is 0 Å². The molecule has 1 N–H and O–H groups in total. The van der Waals surface area contributed by atoms with Crippen LogP contribution in [0.2, 0.25) is 5.15 Å². The molecule has 4 rings (SSSR count). The number of hydrazone groups is 1. The second kappa shape index (κ2) is 9.94. The summed E-state index contributed by atoms with van der Waals surface area (Å²) in [4.78, 5) is 12.2. The molecule has 0 aliphatic rings. The second-order valence-corrected chi connectivity index (χ2v) is 7.34. The van der Waals surface area contributed by atoms with Crippen LogP contribution in [0.5, 0.6) is 5.75 Å². The van der Waals surface area contributed by atoms with Crippen LogP contribution in [-0.4, -0.2) is 28.5 Å². The third kappa shape index (κ3) is 4.87. The van der Waals surface area contributed by atoms with Crippen LogP contribution in [0, 0.1) is 6.92 Å². The Morgan fingerprint density at radius 1 is 1.03 bits per heavy atom. The Balaban J connectivity index is 1.39. The molecule has 0 saturated carbocycles. The summed E-state index contributed by atoms with van der Waals surface area (Å²) in [5, 5.41) is 8.89. The van der Waals surface area contributed by atoms with Crippen LogP contribution in [-0.2, 0) is 4.79 Å². The zero-order chi connectivity index (χ0) is 22.3.